The molecule has 38 heavy (non-hydrogen) atoms. The molecule has 0 aliphatic carbocycles. The van der Waals surface area contributed by atoms with Gasteiger partial charge in [0.05, 0.1) is 5.69 Å². The van der Waals surface area contributed by atoms with Crippen molar-refractivity contribution in [3.63, 3.8) is 0 Å². The molecule has 4 rings (SSSR count). The highest BCUT2D eigenvalue weighted by Crippen LogP contribution is 2.30. The van der Waals surface area contributed by atoms with E-state index < -0.39 is 0 Å². The number of urea groups is 1. The zero-order chi connectivity index (χ0) is 26.7. The zero-order valence-corrected chi connectivity index (χ0v) is 22.8. The molecule has 0 radical (unpaired) electrons. The van der Waals surface area contributed by atoms with Crippen molar-refractivity contribution in [3.05, 3.63) is 72.3 Å². The first-order valence-electron chi connectivity index (χ1n) is 14.2. The van der Waals surface area contributed by atoms with Crippen LogP contribution in [0.2, 0.25) is 0 Å². The predicted molar refractivity (Wildman–Crippen MR) is 158 cm³/mol. The SMILES string of the molecule is CC(C)C(=O)Nc1cccc(C2CCN(CCCCCCNC(=O)Nc3cccc4ccccc34)CC2)c1. The largest absolute Gasteiger partial charge is 0.338 e. The molecule has 1 aliphatic heterocycles. The maximum atomic E-state index is 12.3. The van der Waals surface area contributed by atoms with Crippen molar-refractivity contribution in [3.8, 4) is 0 Å². The Morgan fingerprint density at radius 1 is 0.868 bits per heavy atom. The molecular weight excluding hydrogens is 472 g/mol. The van der Waals surface area contributed by atoms with Crippen LogP contribution in [0.15, 0.2) is 66.7 Å². The lowest BCUT2D eigenvalue weighted by Gasteiger charge is -2.32. The number of nitrogens with zero attached hydrogens (tertiary/aromatic N) is 1. The number of carbonyl (C=O) groups is 2. The van der Waals surface area contributed by atoms with E-state index >= 15 is 0 Å². The standard InChI is InChI=1S/C32H42N4O2/c1-24(2)31(37)34-28-14-9-13-27(23-28)25-17-21-36(22-18-25)20-8-4-3-7-19-33-32(38)35-30-16-10-12-26-11-5-6-15-29(26)30/h5-6,9-16,23-25H,3-4,7-8,17-22H2,1-2H3,(H,34,37)(H2,33,35,38). The highest BCUT2D eigenvalue weighted by molar-refractivity contribution is 6.01. The molecule has 0 aromatic heterocycles. The van der Waals surface area contributed by atoms with E-state index in [0.29, 0.717) is 12.5 Å². The van der Waals surface area contributed by atoms with E-state index in [2.05, 4.69) is 51.2 Å². The topological polar surface area (TPSA) is 73.5 Å². The number of hydrogen-bond donors (Lipinski definition) is 3. The number of hydrogen-bond acceptors (Lipinski definition) is 3. The smallest absolute Gasteiger partial charge is 0.319 e. The molecule has 6 nitrogen and oxygen atoms in total. The molecule has 6 heteroatoms. The summed E-state index contributed by atoms with van der Waals surface area (Å²) in [7, 11) is 0. The van der Waals surface area contributed by atoms with Crippen molar-refractivity contribution in [2.24, 2.45) is 5.92 Å². The third-order valence-electron chi connectivity index (χ3n) is 7.46. The number of benzene rings is 3. The monoisotopic (exact) mass is 514 g/mol. The van der Waals surface area contributed by atoms with Gasteiger partial charge in [-0.1, -0.05) is 75.2 Å². The minimum absolute atomic E-state index is 0.0154. The number of fused-ring (bicyclic) bond motifs is 1. The fraction of sp³-hybridized carbons (Fsp3) is 0.438. The van der Waals surface area contributed by atoms with Crippen molar-refractivity contribution in [2.45, 2.75) is 58.3 Å². The number of nitrogens with one attached hydrogen (secondary N) is 3. The maximum absolute atomic E-state index is 12.3. The van der Waals surface area contributed by atoms with Gasteiger partial charge in [0.2, 0.25) is 5.91 Å². The Morgan fingerprint density at radius 2 is 1.61 bits per heavy atom. The van der Waals surface area contributed by atoms with E-state index in [-0.39, 0.29) is 17.9 Å². The first-order chi connectivity index (χ1) is 18.5. The van der Waals surface area contributed by atoms with Crippen molar-refractivity contribution in [1.82, 2.24) is 10.2 Å². The molecule has 1 fully saturated rings. The lowest BCUT2D eigenvalue weighted by atomic mass is 9.89. The lowest BCUT2D eigenvalue weighted by Crippen LogP contribution is -2.33. The summed E-state index contributed by atoms with van der Waals surface area (Å²) in [5, 5.41) is 11.2. The van der Waals surface area contributed by atoms with Gasteiger partial charge in [0.1, 0.15) is 0 Å². The summed E-state index contributed by atoms with van der Waals surface area (Å²) in [6.45, 7) is 7.93. The highest BCUT2D eigenvalue weighted by Gasteiger charge is 2.20. The fourth-order valence-corrected chi connectivity index (χ4v) is 5.16. The quantitative estimate of drug-likeness (QED) is 0.241. The maximum Gasteiger partial charge on any atom is 0.319 e. The number of likely N-dealkylation sites (tertiary alicyclic amines) is 1. The summed E-state index contributed by atoms with van der Waals surface area (Å²) >= 11 is 0. The molecule has 3 N–H and O–H groups in total. The van der Waals surface area contributed by atoms with Crippen LogP contribution in [0.3, 0.4) is 0 Å². The molecule has 1 aliphatic rings. The summed E-state index contributed by atoms with van der Waals surface area (Å²) in [4.78, 5) is 26.9. The van der Waals surface area contributed by atoms with Gasteiger partial charge in [0.25, 0.3) is 0 Å². The number of rotatable bonds is 11. The third kappa shape index (κ3) is 8.06. The second kappa shape index (κ2) is 14.0. The number of anilines is 2. The van der Waals surface area contributed by atoms with E-state index in [0.717, 1.165) is 67.5 Å². The van der Waals surface area contributed by atoms with Gasteiger partial charge in [-0.05, 0) is 80.4 Å². The van der Waals surface area contributed by atoms with Crippen molar-refractivity contribution in [1.29, 1.82) is 0 Å². The predicted octanol–water partition coefficient (Wildman–Crippen LogP) is 7.00. The van der Waals surface area contributed by atoms with Crippen LogP contribution in [-0.4, -0.2) is 43.0 Å². The summed E-state index contributed by atoms with van der Waals surface area (Å²) in [6.07, 6.45) is 6.83. The van der Waals surface area contributed by atoms with E-state index in [1.54, 1.807) is 0 Å². The molecule has 1 heterocycles. The van der Waals surface area contributed by atoms with Gasteiger partial charge in [0.15, 0.2) is 0 Å². The molecule has 0 spiro atoms. The minimum Gasteiger partial charge on any atom is -0.338 e. The van der Waals surface area contributed by atoms with Crippen LogP contribution < -0.4 is 16.0 Å². The van der Waals surface area contributed by atoms with Gasteiger partial charge in [-0.2, -0.15) is 0 Å². The summed E-state index contributed by atoms with van der Waals surface area (Å²) in [5.74, 6) is 0.614. The minimum atomic E-state index is -0.142. The molecule has 3 aromatic rings. The first kappa shape index (κ1) is 27.6. The van der Waals surface area contributed by atoms with Crippen molar-refractivity contribution < 1.29 is 9.59 Å². The van der Waals surface area contributed by atoms with Gasteiger partial charge in [-0.3, -0.25) is 4.79 Å². The molecule has 1 saturated heterocycles. The number of carbonyl (C=O) groups excluding carboxylic acids is 2. The average molecular weight is 515 g/mol. The zero-order valence-electron chi connectivity index (χ0n) is 22.8. The Balaban J connectivity index is 1.07. The molecule has 3 aromatic carbocycles. The summed E-state index contributed by atoms with van der Waals surface area (Å²) in [5.41, 5.74) is 3.09. The van der Waals surface area contributed by atoms with Crippen LogP contribution >= 0.6 is 0 Å². The molecular formula is C32H42N4O2. The van der Waals surface area contributed by atoms with E-state index in [1.807, 2.05) is 50.2 Å². The van der Waals surface area contributed by atoms with Crippen molar-refractivity contribution >= 4 is 34.1 Å². The van der Waals surface area contributed by atoms with Crippen LogP contribution in [0.5, 0.6) is 0 Å². The molecule has 0 bridgehead atoms. The second-order valence-corrected chi connectivity index (χ2v) is 10.7. The van der Waals surface area contributed by atoms with Crippen LogP contribution in [-0.2, 0) is 4.79 Å². The van der Waals surface area contributed by atoms with Crippen molar-refractivity contribution in [2.75, 3.05) is 36.8 Å². The first-order valence-corrected chi connectivity index (χ1v) is 14.2. The van der Waals surface area contributed by atoms with E-state index in [1.165, 1.54) is 18.4 Å². The number of unbranched alkanes of at least 4 members (excludes halogenated alkanes) is 3. The Labute approximate surface area is 227 Å². The van der Waals surface area contributed by atoms with Crippen LogP contribution in [0.4, 0.5) is 16.2 Å². The van der Waals surface area contributed by atoms with Gasteiger partial charge in [0, 0.05) is 23.5 Å². The van der Waals surface area contributed by atoms with Gasteiger partial charge in [-0.15, -0.1) is 0 Å². The molecule has 3 amide bonds. The number of amides is 3. The Kier molecular flexibility index (Phi) is 10.2. The normalized spacial score (nSPS) is 14.5. The lowest BCUT2D eigenvalue weighted by molar-refractivity contribution is -0.118. The Hall–Kier alpha value is -3.38. The van der Waals surface area contributed by atoms with Crippen LogP contribution in [0, 0.1) is 5.92 Å². The van der Waals surface area contributed by atoms with Crippen LogP contribution in [0.1, 0.15) is 63.9 Å². The van der Waals surface area contributed by atoms with Crippen LogP contribution in [0.25, 0.3) is 10.8 Å². The summed E-state index contributed by atoms with van der Waals surface area (Å²) in [6, 6.07) is 22.3. The Morgan fingerprint density at radius 3 is 2.42 bits per heavy atom. The average Bonchev–Trinajstić information content (AvgIpc) is 2.93. The van der Waals surface area contributed by atoms with Gasteiger partial charge in [-0.25, -0.2) is 4.79 Å². The van der Waals surface area contributed by atoms with E-state index in [9.17, 15) is 9.59 Å². The molecule has 0 unspecified atom stereocenters. The van der Waals surface area contributed by atoms with E-state index in [4.69, 9.17) is 0 Å². The van der Waals surface area contributed by atoms with Gasteiger partial charge < -0.3 is 20.9 Å². The number of piperidine rings is 1. The molecule has 202 valence electrons. The second-order valence-electron chi connectivity index (χ2n) is 10.7. The fourth-order valence-electron chi connectivity index (χ4n) is 5.16. The molecule has 0 saturated carbocycles. The Bertz CT molecular complexity index is 1200. The van der Waals surface area contributed by atoms with Gasteiger partial charge >= 0.3 is 6.03 Å². The summed E-state index contributed by atoms with van der Waals surface area (Å²) < 4.78 is 0. The third-order valence-corrected chi connectivity index (χ3v) is 7.46. The highest BCUT2D eigenvalue weighted by atomic mass is 16.2. The molecule has 0 atom stereocenters.